The smallest absolute Gasteiger partial charge is 0.163 e. The summed E-state index contributed by atoms with van der Waals surface area (Å²) in [5.74, 6) is 1.79. The summed E-state index contributed by atoms with van der Waals surface area (Å²) in [4.78, 5) is 0. The Kier molecular flexibility index (Phi) is 4.38. The fourth-order valence-electron chi connectivity index (χ4n) is 1.55. The maximum Gasteiger partial charge on any atom is 0.163 e. The molecule has 6 nitrogen and oxygen atoms in total. The van der Waals surface area contributed by atoms with E-state index in [2.05, 4.69) is 31.4 Å². The van der Waals surface area contributed by atoms with E-state index >= 15 is 0 Å². The van der Waals surface area contributed by atoms with Gasteiger partial charge in [0.15, 0.2) is 11.5 Å². The van der Waals surface area contributed by atoms with Gasteiger partial charge in [-0.05, 0) is 28.1 Å². The third-order valence-electron chi connectivity index (χ3n) is 2.50. The Morgan fingerprint density at radius 1 is 1.15 bits per heavy atom. The molecule has 1 aromatic heterocycles. The van der Waals surface area contributed by atoms with Gasteiger partial charge in [0, 0.05) is 17.8 Å². The zero-order valence-corrected chi connectivity index (χ0v) is 12.4. The molecule has 0 aliphatic rings. The summed E-state index contributed by atoms with van der Waals surface area (Å²) in [5, 5.41) is 19.4. The summed E-state index contributed by atoms with van der Waals surface area (Å²) in [6, 6.07) is 8.77. The molecule has 1 heterocycles. The normalized spacial score (nSPS) is 9.70. The van der Waals surface area contributed by atoms with Gasteiger partial charge >= 0.3 is 0 Å². The molecular formula is C13H11BrN4O2. The summed E-state index contributed by atoms with van der Waals surface area (Å²) in [7, 11) is 3.15. The second kappa shape index (κ2) is 6.21. The lowest BCUT2D eigenvalue weighted by atomic mass is 10.2. The van der Waals surface area contributed by atoms with Crippen LogP contribution in [0.2, 0.25) is 0 Å². The average molecular weight is 335 g/mol. The number of rotatable bonds is 4. The molecule has 7 heteroatoms. The topological polar surface area (TPSA) is 80.1 Å². The third-order valence-corrected chi connectivity index (χ3v) is 3.28. The van der Waals surface area contributed by atoms with E-state index in [9.17, 15) is 0 Å². The monoisotopic (exact) mass is 334 g/mol. The number of benzene rings is 1. The first kappa shape index (κ1) is 14.1. The first-order chi connectivity index (χ1) is 9.67. The minimum Gasteiger partial charge on any atom is -0.495 e. The highest BCUT2D eigenvalue weighted by Gasteiger charge is 2.10. The third kappa shape index (κ3) is 2.97. The minimum atomic E-state index is 0.265. The molecular weight excluding hydrogens is 324 g/mol. The van der Waals surface area contributed by atoms with E-state index in [0.29, 0.717) is 17.3 Å². The van der Waals surface area contributed by atoms with Crippen molar-refractivity contribution in [2.24, 2.45) is 0 Å². The largest absolute Gasteiger partial charge is 0.495 e. The van der Waals surface area contributed by atoms with Crippen LogP contribution in [0.4, 0.5) is 11.5 Å². The number of hydrogen-bond donors (Lipinski definition) is 1. The van der Waals surface area contributed by atoms with Crippen LogP contribution >= 0.6 is 15.9 Å². The quantitative estimate of drug-likeness (QED) is 0.925. The molecule has 0 saturated heterocycles. The van der Waals surface area contributed by atoms with Crippen molar-refractivity contribution in [3.05, 3.63) is 34.4 Å². The molecule has 2 rings (SSSR count). The summed E-state index contributed by atoms with van der Waals surface area (Å²) in [6.07, 6.45) is 0. The molecule has 0 aliphatic carbocycles. The van der Waals surface area contributed by atoms with Crippen LogP contribution < -0.4 is 14.8 Å². The highest BCUT2D eigenvalue weighted by Crippen LogP contribution is 2.38. The van der Waals surface area contributed by atoms with Gasteiger partial charge in [-0.2, -0.15) is 5.26 Å². The molecule has 2 aromatic rings. The van der Waals surface area contributed by atoms with Crippen LogP contribution in [-0.4, -0.2) is 24.4 Å². The standard InChI is InChI=1S/C13H11BrN4O2/c1-19-10-5-9(6-11(20-2)13(10)14)16-12-4-3-8(7-15)17-18-12/h3-6H,1-2H3,(H,16,18). The van der Waals surface area contributed by atoms with Crippen LogP contribution in [0.3, 0.4) is 0 Å². The maximum absolute atomic E-state index is 8.67. The van der Waals surface area contributed by atoms with Crippen molar-refractivity contribution in [3.8, 4) is 17.6 Å². The van der Waals surface area contributed by atoms with Crippen molar-refractivity contribution in [2.45, 2.75) is 0 Å². The molecule has 0 radical (unpaired) electrons. The molecule has 0 spiro atoms. The molecule has 0 amide bonds. The van der Waals surface area contributed by atoms with Gasteiger partial charge in [0.05, 0.1) is 14.2 Å². The fraction of sp³-hybridized carbons (Fsp3) is 0.154. The zero-order valence-electron chi connectivity index (χ0n) is 10.8. The van der Waals surface area contributed by atoms with E-state index in [1.807, 2.05) is 6.07 Å². The lowest BCUT2D eigenvalue weighted by Gasteiger charge is -2.12. The molecule has 0 fully saturated rings. The molecule has 0 saturated carbocycles. The summed E-state index contributed by atoms with van der Waals surface area (Å²) in [5.41, 5.74) is 1.00. The first-order valence-electron chi connectivity index (χ1n) is 5.60. The maximum atomic E-state index is 8.67. The summed E-state index contributed by atoms with van der Waals surface area (Å²) >= 11 is 3.40. The lowest BCUT2D eigenvalue weighted by molar-refractivity contribution is 0.390. The van der Waals surface area contributed by atoms with Gasteiger partial charge in [-0.1, -0.05) is 0 Å². The van der Waals surface area contributed by atoms with E-state index < -0.39 is 0 Å². The van der Waals surface area contributed by atoms with Crippen molar-refractivity contribution in [1.82, 2.24) is 10.2 Å². The van der Waals surface area contributed by atoms with Crippen LogP contribution in [-0.2, 0) is 0 Å². The van der Waals surface area contributed by atoms with Crippen molar-refractivity contribution in [1.29, 1.82) is 5.26 Å². The van der Waals surface area contributed by atoms with Crippen LogP contribution in [0.1, 0.15) is 5.69 Å². The van der Waals surface area contributed by atoms with Gasteiger partial charge in [-0.15, -0.1) is 10.2 Å². The van der Waals surface area contributed by atoms with E-state index in [0.717, 1.165) is 10.2 Å². The van der Waals surface area contributed by atoms with E-state index in [1.54, 1.807) is 38.5 Å². The summed E-state index contributed by atoms with van der Waals surface area (Å²) in [6.45, 7) is 0. The Balaban J connectivity index is 2.30. The van der Waals surface area contributed by atoms with Crippen molar-refractivity contribution in [2.75, 3.05) is 19.5 Å². The second-order valence-electron chi connectivity index (χ2n) is 3.74. The van der Waals surface area contributed by atoms with E-state index in [-0.39, 0.29) is 5.69 Å². The van der Waals surface area contributed by atoms with E-state index in [4.69, 9.17) is 14.7 Å². The van der Waals surface area contributed by atoms with Crippen molar-refractivity contribution in [3.63, 3.8) is 0 Å². The Morgan fingerprint density at radius 2 is 1.80 bits per heavy atom. The van der Waals surface area contributed by atoms with Gasteiger partial charge in [-0.25, -0.2) is 0 Å². The Morgan fingerprint density at radius 3 is 2.25 bits per heavy atom. The van der Waals surface area contributed by atoms with Crippen molar-refractivity contribution >= 4 is 27.4 Å². The van der Waals surface area contributed by atoms with E-state index in [1.165, 1.54) is 0 Å². The Bertz CT molecular complexity index is 627. The Labute approximate surface area is 124 Å². The van der Waals surface area contributed by atoms with Crippen molar-refractivity contribution < 1.29 is 9.47 Å². The molecule has 1 N–H and O–H groups in total. The number of methoxy groups -OCH3 is 2. The number of nitriles is 1. The summed E-state index contributed by atoms with van der Waals surface area (Å²) < 4.78 is 11.2. The fourth-order valence-corrected chi connectivity index (χ4v) is 2.10. The SMILES string of the molecule is COc1cc(Nc2ccc(C#N)nn2)cc(OC)c1Br. The molecule has 20 heavy (non-hydrogen) atoms. The molecule has 0 unspecified atom stereocenters. The van der Waals surface area contributed by atoms with Gasteiger partial charge in [0.1, 0.15) is 22.0 Å². The highest BCUT2D eigenvalue weighted by atomic mass is 79.9. The molecule has 102 valence electrons. The van der Waals surface area contributed by atoms with Crippen LogP contribution in [0.5, 0.6) is 11.5 Å². The number of hydrogen-bond acceptors (Lipinski definition) is 6. The molecule has 0 aliphatic heterocycles. The Hall–Kier alpha value is -2.33. The number of ether oxygens (including phenoxy) is 2. The molecule has 0 atom stereocenters. The predicted molar refractivity (Wildman–Crippen MR) is 77.3 cm³/mol. The number of aromatic nitrogens is 2. The zero-order chi connectivity index (χ0) is 14.5. The van der Waals surface area contributed by atoms with Crippen LogP contribution in [0.15, 0.2) is 28.7 Å². The first-order valence-corrected chi connectivity index (χ1v) is 6.39. The van der Waals surface area contributed by atoms with Crippen LogP contribution in [0, 0.1) is 11.3 Å². The number of halogens is 1. The highest BCUT2D eigenvalue weighted by molar-refractivity contribution is 9.10. The number of nitrogens with zero attached hydrogens (tertiary/aromatic N) is 3. The van der Waals surface area contributed by atoms with Crippen LogP contribution in [0.25, 0.3) is 0 Å². The lowest BCUT2D eigenvalue weighted by Crippen LogP contribution is -1.98. The molecule has 0 bridgehead atoms. The average Bonchev–Trinajstić information content (AvgIpc) is 2.49. The second-order valence-corrected chi connectivity index (χ2v) is 4.53. The molecule has 1 aromatic carbocycles. The minimum absolute atomic E-state index is 0.265. The van der Waals surface area contributed by atoms with Gasteiger partial charge in [-0.3, -0.25) is 0 Å². The van der Waals surface area contributed by atoms with Gasteiger partial charge in [0.2, 0.25) is 0 Å². The van der Waals surface area contributed by atoms with Gasteiger partial charge in [0.25, 0.3) is 0 Å². The predicted octanol–water partition coefficient (Wildman–Crippen LogP) is 2.87. The number of anilines is 2. The van der Waals surface area contributed by atoms with Gasteiger partial charge < -0.3 is 14.8 Å². The number of nitrogens with one attached hydrogen (secondary N) is 1.